The van der Waals surface area contributed by atoms with Crippen molar-refractivity contribution in [2.75, 3.05) is 6.54 Å². The Morgan fingerprint density at radius 3 is 2.50 bits per heavy atom. The lowest BCUT2D eigenvalue weighted by Crippen LogP contribution is -2.49. The van der Waals surface area contributed by atoms with E-state index < -0.39 is 11.7 Å². The van der Waals surface area contributed by atoms with Gasteiger partial charge in [0.1, 0.15) is 0 Å². The maximum absolute atomic E-state index is 13.2. The molecule has 2 nitrogen and oxygen atoms in total. The maximum Gasteiger partial charge on any atom is 0.416 e. The van der Waals surface area contributed by atoms with Crippen LogP contribution in [0, 0.1) is 0 Å². The van der Waals surface area contributed by atoms with Crippen LogP contribution in [0.1, 0.15) is 43.9 Å². The molecule has 0 spiro atoms. The molecule has 0 bridgehead atoms. The molecule has 1 aromatic rings. The van der Waals surface area contributed by atoms with Crippen LogP contribution < -0.4 is 5.73 Å². The zero-order valence-electron chi connectivity index (χ0n) is 11.8. The molecule has 112 valence electrons. The number of likely N-dealkylation sites (tertiary alicyclic amines) is 1. The normalized spacial score (nSPS) is 25.1. The van der Waals surface area contributed by atoms with Crippen molar-refractivity contribution in [3.63, 3.8) is 0 Å². The highest BCUT2D eigenvalue weighted by atomic mass is 19.4. The van der Waals surface area contributed by atoms with Gasteiger partial charge in [0.25, 0.3) is 0 Å². The Balaban J connectivity index is 2.47. The predicted octanol–water partition coefficient (Wildman–Crippen LogP) is 3.58. The fraction of sp³-hybridized carbons (Fsp3) is 0.600. The summed E-state index contributed by atoms with van der Waals surface area (Å²) in [6, 6.07) is 5.36. The highest BCUT2D eigenvalue weighted by Gasteiger charge is 2.39. The third-order valence-electron chi connectivity index (χ3n) is 3.96. The summed E-state index contributed by atoms with van der Waals surface area (Å²) in [5, 5.41) is 0. The molecule has 1 aliphatic rings. The van der Waals surface area contributed by atoms with E-state index in [1.807, 2.05) is 13.8 Å². The van der Waals surface area contributed by atoms with Crippen LogP contribution in [0.3, 0.4) is 0 Å². The van der Waals surface area contributed by atoms with Gasteiger partial charge in [0, 0.05) is 12.1 Å². The van der Waals surface area contributed by atoms with Crippen molar-refractivity contribution in [3.8, 4) is 0 Å². The molecule has 0 radical (unpaired) electrons. The van der Waals surface area contributed by atoms with Gasteiger partial charge in [-0.2, -0.15) is 13.2 Å². The van der Waals surface area contributed by atoms with Crippen molar-refractivity contribution in [2.45, 2.75) is 51.0 Å². The van der Waals surface area contributed by atoms with E-state index in [9.17, 15) is 13.2 Å². The minimum absolute atomic E-state index is 0.174. The van der Waals surface area contributed by atoms with Crippen LogP contribution >= 0.6 is 0 Å². The summed E-state index contributed by atoms with van der Waals surface area (Å²) in [6.45, 7) is 4.80. The van der Waals surface area contributed by atoms with E-state index in [4.69, 9.17) is 5.73 Å². The van der Waals surface area contributed by atoms with Crippen LogP contribution in [-0.2, 0) is 6.18 Å². The Kier molecular flexibility index (Phi) is 4.39. The number of halogens is 3. The Labute approximate surface area is 117 Å². The molecular formula is C15H21F3N2. The molecule has 0 aliphatic carbocycles. The average molecular weight is 286 g/mol. The Morgan fingerprint density at radius 2 is 1.90 bits per heavy atom. The van der Waals surface area contributed by atoms with Crippen LogP contribution in [-0.4, -0.2) is 23.5 Å². The average Bonchev–Trinajstić information content (AvgIpc) is 2.37. The SMILES string of the molecule is CC(C)N1CCCC(N)C1c1ccccc1C(F)(F)F. The van der Waals surface area contributed by atoms with Crippen molar-refractivity contribution in [1.29, 1.82) is 0 Å². The smallest absolute Gasteiger partial charge is 0.326 e. The molecule has 20 heavy (non-hydrogen) atoms. The van der Waals surface area contributed by atoms with E-state index in [0.717, 1.165) is 25.5 Å². The number of alkyl halides is 3. The second-order valence-corrected chi connectivity index (χ2v) is 5.67. The van der Waals surface area contributed by atoms with Crippen molar-refractivity contribution in [3.05, 3.63) is 35.4 Å². The number of nitrogens with two attached hydrogens (primary N) is 1. The lowest BCUT2D eigenvalue weighted by molar-refractivity contribution is -0.139. The first-order chi connectivity index (χ1) is 9.32. The number of rotatable bonds is 2. The van der Waals surface area contributed by atoms with E-state index in [1.54, 1.807) is 12.1 Å². The molecule has 0 saturated carbocycles. The van der Waals surface area contributed by atoms with Crippen LogP contribution in [0.15, 0.2) is 24.3 Å². The molecular weight excluding hydrogens is 265 g/mol. The topological polar surface area (TPSA) is 29.3 Å². The van der Waals surface area contributed by atoms with Crippen LogP contribution in [0.4, 0.5) is 13.2 Å². The van der Waals surface area contributed by atoms with Crippen molar-refractivity contribution < 1.29 is 13.2 Å². The second kappa shape index (κ2) is 5.74. The molecule has 0 aromatic heterocycles. The molecule has 2 atom stereocenters. The fourth-order valence-corrected chi connectivity index (χ4v) is 3.05. The number of hydrogen-bond donors (Lipinski definition) is 1. The van der Waals surface area contributed by atoms with Crippen molar-refractivity contribution >= 4 is 0 Å². The second-order valence-electron chi connectivity index (χ2n) is 5.67. The molecule has 0 amide bonds. The molecule has 1 aliphatic heterocycles. The lowest BCUT2D eigenvalue weighted by atomic mass is 9.87. The Bertz CT molecular complexity index is 457. The molecule has 1 aromatic carbocycles. The maximum atomic E-state index is 13.2. The van der Waals surface area contributed by atoms with Crippen LogP contribution in [0.2, 0.25) is 0 Å². The lowest BCUT2D eigenvalue weighted by Gasteiger charge is -2.43. The minimum Gasteiger partial charge on any atom is -0.326 e. The zero-order valence-corrected chi connectivity index (χ0v) is 11.8. The fourth-order valence-electron chi connectivity index (χ4n) is 3.05. The largest absolute Gasteiger partial charge is 0.416 e. The third-order valence-corrected chi connectivity index (χ3v) is 3.96. The molecule has 1 fully saturated rings. The zero-order chi connectivity index (χ0) is 14.9. The van der Waals surface area contributed by atoms with Gasteiger partial charge in [-0.25, -0.2) is 0 Å². The van der Waals surface area contributed by atoms with Gasteiger partial charge in [-0.15, -0.1) is 0 Å². The van der Waals surface area contributed by atoms with Crippen molar-refractivity contribution in [1.82, 2.24) is 4.90 Å². The third kappa shape index (κ3) is 2.99. The molecule has 2 rings (SSSR count). The van der Waals surface area contributed by atoms with Crippen LogP contribution in [0.5, 0.6) is 0 Å². The number of hydrogen-bond acceptors (Lipinski definition) is 2. The summed E-state index contributed by atoms with van der Waals surface area (Å²) in [6.07, 6.45) is -2.64. The monoisotopic (exact) mass is 286 g/mol. The Hall–Kier alpha value is -1.07. The number of piperidine rings is 1. The van der Waals surface area contributed by atoms with E-state index in [1.165, 1.54) is 6.07 Å². The van der Waals surface area contributed by atoms with E-state index >= 15 is 0 Å². The number of nitrogens with zero attached hydrogens (tertiary/aromatic N) is 1. The molecule has 2 unspecified atom stereocenters. The minimum atomic E-state index is -4.34. The summed E-state index contributed by atoms with van der Waals surface area (Å²) >= 11 is 0. The Morgan fingerprint density at radius 1 is 1.25 bits per heavy atom. The summed E-state index contributed by atoms with van der Waals surface area (Å²) < 4.78 is 39.6. The van der Waals surface area contributed by atoms with Crippen LogP contribution in [0.25, 0.3) is 0 Å². The summed E-state index contributed by atoms with van der Waals surface area (Å²) in [5.41, 5.74) is 5.89. The summed E-state index contributed by atoms with van der Waals surface area (Å²) in [7, 11) is 0. The van der Waals surface area contributed by atoms with Gasteiger partial charge in [0.2, 0.25) is 0 Å². The van der Waals surface area contributed by atoms with E-state index in [0.29, 0.717) is 5.56 Å². The molecule has 1 heterocycles. The van der Waals surface area contributed by atoms with Gasteiger partial charge in [-0.3, -0.25) is 4.90 Å². The highest BCUT2D eigenvalue weighted by Crippen LogP contribution is 2.39. The van der Waals surface area contributed by atoms with Gasteiger partial charge < -0.3 is 5.73 Å². The van der Waals surface area contributed by atoms with Gasteiger partial charge in [-0.05, 0) is 44.9 Å². The first kappa shape index (κ1) is 15.3. The van der Waals surface area contributed by atoms with Gasteiger partial charge in [0.05, 0.1) is 11.6 Å². The molecule has 5 heteroatoms. The van der Waals surface area contributed by atoms with Crippen molar-refractivity contribution in [2.24, 2.45) is 5.73 Å². The van der Waals surface area contributed by atoms with E-state index in [2.05, 4.69) is 4.90 Å². The molecule has 1 saturated heterocycles. The van der Waals surface area contributed by atoms with E-state index in [-0.39, 0.29) is 18.1 Å². The quantitative estimate of drug-likeness (QED) is 0.900. The summed E-state index contributed by atoms with van der Waals surface area (Å²) in [4.78, 5) is 2.08. The summed E-state index contributed by atoms with van der Waals surface area (Å²) in [5.74, 6) is 0. The molecule has 2 N–H and O–H groups in total. The highest BCUT2D eigenvalue weighted by molar-refractivity contribution is 5.34. The standard InChI is InChI=1S/C15H21F3N2/c1-10(2)20-9-5-8-13(19)14(20)11-6-3-4-7-12(11)15(16,17)18/h3-4,6-7,10,13-14H,5,8-9,19H2,1-2H3. The van der Waals surface area contributed by atoms with Gasteiger partial charge in [0.15, 0.2) is 0 Å². The van der Waals surface area contributed by atoms with Gasteiger partial charge in [-0.1, -0.05) is 18.2 Å². The van der Waals surface area contributed by atoms with Gasteiger partial charge >= 0.3 is 6.18 Å². The predicted molar refractivity (Wildman–Crippen MR) is 73.2 cm³/mol. The number of benzene rings is 1. The first-order valence-electron chi connectivity index (χ1n) is 7.00. The first-order valence-corrected chi connectivity index (χ1v) is 7.00.